The first-order valence-corrected chi connectivity index (χ1v) is 9.03. The summed E-state index contributed by atoms with van der Waals surface area (Å²) in [5, 5.41) is 0. The van der Waals surface area contributed by atoms with E-state index in [2.05, 4.69) is 4.72 Å². The molecule has 0 saturated heterocycles. The molecular formula is C17H17NO5S. The zero-order valence-electron chi connectivity index (χ0n) is 13.1. The molecule has 0 atom stereocenters. The molecule has 6 nitrogen and oxygen atoms in total. The van der Waals surface area contributed by atoms with Gasteiger partial charge >= 0.3 is 0 Å². The molecule has 0 aromatic heterocycles. The number of rotatable bonds is 5. The van der Waals surface area contributed by atoms with Crippen LogP contribution in [0.5, 0.6) is 11.5 Å². The van der Waals surface area contributed by atoms with E-state index >= 15 is 0 Å². The number of amides is 1. The first-order valence-electron chi connectivity index (χ1n) is 7.55. The monoisotopic (exact) mass is 347 g/mol. The van der Waals surface area contributed by atoms with Crippen molar-refractivity contribution in [2.45, 2.75) is 18.2 Å². The van der Waals surface area contributed by atoms with Crippen molar-refractivity contribution in [3.63, 3.8) is 0 Å². The molecule has 3 rings (SSSR count). The van der Waals surface area contributed by atoms with Crippen LogP contribution < -0.4 is 14.2 Å². The molecule has 0 aliphatic carbocycles. The van der Waals surface area contributed by atoms with Crippen molar-refractivity contribution in [1.29, 1.82) is 0 Å². The minimum Gasteiger partial charge on any atom is -0.494 e. The van der Waals surface area contributed by atoms with Gasteiger partial charge in [0.05, 0.1) is 18.1 Å². The van der Waals surface area contributed by atoms with Gasteiger partial charge in [0.15, 0.2) is 0 Å². The lowest BCUT2D eigenvalue weighted by molar-refractivity contribution is 0.0981. The van der Waals surface area contributed by atoms with Crippen LogP contribution in [0.25, 0.3) is 0 Å². The van der Waals surface area contributed by atoms with Crippen molar-refractivity contribution >= 4 is 15.9 Å². The molecule has 0 radical (unpaired) electrons. The van der Waals surface area contributed by atoms with Gasteiger partial charge in [0.25, 0.3) is 15.9 Å². The molecule has 2 aromatic rings. The van der Waals surface area contributed by atoms with Crippen molar-refractivity contribution in [2.75, 3.05) is 13.2 Å². The summed E-state index contributed by atoms with van der Waals surface area (Å²) in [6.45, 7) is 2.91. The minimum absolute atomic E-state index is 0.00352. The van der Waals surface area contributed by atoms with Gasteiger partial charge in [-0.05, 0) is 55.0 Å². The van der Waals surface area contributed by atoms with Crippen molar-refractivity contribution in [2.24, 2.45) is 0 Å². The molecule has 1 heterocycles. The number of ether oxygens (including phenoxy) is 2. The standard InChI is InChI=1S/C17H17NO5S/c1-2-22-14-4-6-15(7-5-14)24(20,21)18-17(19)13-3-8-16-12(11-13)9-10-23-16/h3-8,11H,2,9-10H2,1H3,(H,18,19). The van der Waals surface area contributed by atoms with Gasteiger partial charge in [-0.2, -0.15) is 0 Å². The van der Waals surface area contributed by atoms with Crippen molar-refractivity contribution in [3.05, 3.63) is 53.6 Å². The lowest BCUT2D eigenvalue weighted by atomic mass is 10.1. The fraction of sp³-hybridized carbons (Fsp3) is 0.235. The summed E-state index contributed by atoms with van der Waals surface area (Å²) >= 11 is 0. The second-order valence-electron chi connectivity index (χ2n) is 5.26. The van der Waals surface area contributed by atoms with Crippen molar-refractivity contribution < 1.29 is 22.7 Å². The number of hydrogen-bond acceptors (Lipinski definition) is 5. The summed E-state index contributed by atoms with van der Waals surface area (Å²) in [5.74, 6) is 0.640. The van der Waals surface area contributed by atoms with Crippen LogP contribution in [-0.2, 0) is 16.4 Å². The molecule has 24 heavy (non-hydrogen) atoms. The third-order valence-corrected chi connectivity index (χ3v) is 4.97. The Morgan fingerprint density at radius 3 is 2.67 bits per heavy atom. The number of nitrogens with one attached hydrogen (secondary N) is 1. The fourth-order valence-electron chi connectivity index (χ4n) is 2.45. The second kappa shape index (κ2) is 6.52. The van der Waals surface area contributed by atoms with Crippen LogP contribution in [0.4, 0.5) is 0 Å². The SMILES string of the molecule is CCOc1ccc(S(=O)(=O)NC(=O)c2ccc3c(c2)CCO3)cc1. The molecule has 2 aromatic carbocycles. The van der Waals surface area contributed by atoms with Crippen molar-refractivity contribution in [3.8, 4) is 11.5 Å². The number of hydrogen-bond donors (Lipinski definition) is 1. The predicted octanol–water partition coefficient (Wildman–Crippen LogP) is 2.14. The van der Waals surface area contributed by atoms with Gasteiger partial charge in [0, 0.05) is 12.0 Å². The van der Waals surface area contributed by atoms with Gasteiger partial charge in [0.1, 0.15) is 11.5 Å². The lowest BCUT2D eigenvalue weighted by Crippen LogP contribution is -2.30. The smallest absolute Gasteiger partial charge is 0.265 e. The molecule has 0 spiro atoms. The molecule has 1 amide bonds. The van der Waals surface area contributed by atoms with E-state index in [1.807, 2.05) is 6.92 Å². The van der Waals surface area contributed by atoms with E-state index in [0.29, 0.717) is 25.4 Å². The van der Waals surface area contributed by atoms with Crippen LogP contribution >= 0.6 is 0 Å². The maximum absolute atomic E-state index is 12.3. The average Bonchev–Trinajstić information content (AvgIpc) is 3.03. The molecule has 0 unspecified atom stereocenters. The number of benzene rings is 2. The highest BCUT2D eigenvalue weighted by Crippen LogP contribution is 2.26. The fourth-order valence-corrected chi connectivity index (χ4v) is 3.42. The van der Waals surface area contributed by atoms with Crippen LogP contribution in [0, 0.1) is 0 Å². The van der Waals surface area contributed by atoms with E-state index in [4.69, 9.17) is 9.47 Å². The summed E-state index contributed by atoms with van der Waals surface area (Å²) in [4.78, 5) is 12.3. The van der Waals surface area contributed by atoms with E-state index < -0.39 is 15.9 Å². The molecule has 0 saturated carbocycles. The highest BCUT2D eigenvalue weighted by atomic mass is 32.2. The Morgan fingerprint density at radius 1 is 1.21 bits per heavy atom. The quantitative estimate of drug-likeness (QED) is 0.896. The molecule has 1 aliphatic rings. The summed E-state index contributed by atoms with van der Waals surface area (Å²) < 4.78 is 37.4. The summed E-state index contributed by atoms with van der Waals surface area (Å²) in [5.41, 5.74) is 1.19. The number of sulfonamides is 1. The molecule has 0 bridgehead atoms. The highest BCUT2D eigenvalue weighted by Gasteiger charge is 2.21. The van der Waals surface area contributed by atoms with E-state index in [0.717, 1.165) is 11.3 Å². The predicted molar refractivity (Wildman–Crippen MR) is 87.9 cm³/mol. The molecular weight excluding hydrogens is 330 g/mol. The Kier molecular flexibility index (Phi) is 4.44. The first kappa shape index (κ1) is 16.3. The molecule has 126 valence electrons. The zero-order valence-corrected chi connectivity index (χ0v) is 13.9. The van der Waals surface area contributed by atoms with Gasteiger partial charge in [-0.25, -0.2) is 13.1 Å². The minimum atomic E-state index is -3.94. The third kappa shape index (κ3) is 3.35. The largest absolute Gasteiger partial charge is 0.494 e. The maximum Gasteiger partial charge on any atom is 0.265 e. The van der Waals surface area contributed by atoms with Crippen molar-refractivity contribution in [1.82, 2.24) is 4.72 Å². The third-order valence-electron chi connectivity index (χ3n) is 3.62. The Labute approximate surface area is 140 Å². The Balaban J connectivity index is 1.77. The second-order valence-corrected chi connectivity index (χ2v) is 6.94. The Morgan fingerprint density at radius 2 is 1.96 bits per heavy atom. The van der Waals surface area contributed by atoms with Gasteiger partial charge < -0.3 is 9.47 Å². The molecule has 7 heteroatoms. The van der Waals surface area contributed by atoms with E-state index in [1.165, 1.54) is 12.1 Å². The van der Waals surface area contributed by atoms with Crippen LogP contribution in [-0.4, -0.2) is 27.5 Å². The number of carbonyl (C=O) groups excluding carboxylic acids is 1. The highest BCUT2D eigenvalue weighted by molar-refractivity contribution is 7.90. The van der Waals surface area contributed by atoms with E-state index in [1.54, 1.807) is 30.3 Å². The summed E-state index contributed by atoms with van der Waals surface area (Å²) in [6, 6.07) is 10.8. The summed E-state index contributed by atoms with van der Waals surface area (Å²) in [7, 11) is -3.94. The van der Waals surface area contributed by atoms with Crippen LogP contribution in [0.1, 0.15) is 22.8 Å². The first-order chi connectivity index (χ1) is 11.5. The van der Waals surface area contributed by atoms with Crippen LogP contribution in [0.3, 0.4) is 0 Å². The number of fused-ring (bicyclic) bond motifs is 1. The van der Waals surface area contributed by atoms with Gasteiger partial charge in [0.2, 0.25) is 0 Å². The van der Waals surface area contributed by atoms with Gasteiger partial charge in [-0.15, -0.1) is 0 Å². The lowest BCUT2D eigenvalue weighted by Gasteiger charge is -2.09. The topological polar surface area (TPSA) is 81.7 Å². The van der Waals surface area contributed by atoms with Crippen LogP contribution in [0.15, 0.2) is 47.4 Å². The van der Waals surface area contributed by atoms with Gasteiger partial charge in [-0.3, -0.25) is 4.79 Å². The zero-order chi connectivity index (χ0) is 17.2. The van der Waals surface area contributed by atoms with Crippen LogP contribution in [0.2, 0.25) is 0 Å². The van der Waals surface area contributed by atoms with E-state index in [-0.39, 0.29) is 10.5 Å². The van der Waals surface area contributed by atoms with Gasteiger partial charge in [-0.1, -0.05) is 0 Å². The maximum atomic E-state index is 12.3. The summed E-state index contributed by atoms with van der Waals surface area (Å²) in [6.07, 6.45) is 0.710. The Bertz CT molecular complexity index is 859. The normalized spacial score (nSPS) is 13.0. The molecule has 1 aliphatic heterocycles. The average molecular weight is 347 g/mol. The Hall–Kier alpha value is -2.54. The molecule has 1 N–H and O–H groups in total. The molecule has 0 fully saturated rings. The number of carbonyl (C=O) groups is 1. The van der Waals surface area contributed by atoms with E-state index in [9.17, 15) is 13.2 Å².